The van der Waals surface area contributed by atoms with Crippen molar-refractivity contribution in [3.63, 3.8) is 0 Å². The molecule has 0 spiro atoms. The van der Waals surface area contributed by atoms with Crippen LogP contribution in [0.2, 0.25) is 5.15 Å². The van der Waals surface area contributed by atoms with Crippen molar-refractivity contribution < 1.29 is 5.11 Å². The fraction of sp³-hybridized carbons (Fsp3) is 0.692. The van der Waals surface area contributed by atoms with Crippen LogP contribution in [0.4, 0.5) is 5.82 Å². The van der Waals surface area contributed by atoms with Crippen LogP contribution in [0.5, 0.6) is 0 Å². The third-order valence-corrected chi connectivity index (χ3v) is 2.56. The van der Waals surface area contributed by atoms with Crippen molar-refractivity contribution in [2.24, 2.45) is 0 Å². The molecule has 0 saturated carbocycles. The molecule has 5 heteroatoms. The Bertz CT molecular complexity index is 421. The summed E-state index contributed by atoms with van der Waals surface area (Å²) >= 11 is 6.03. The lowest BCUT2D eigenvalue weighted by atomic mass is 9.96. The molecule has 18 heavy (non-hydrogen) atoms. The van der Waals surface area contributed by atoms with Gasteiger partial charge in [0.2, 0.25) is 0 Å². The summed E-state index contributed by atoms with van der Waals surface area (Å²) < 4.78 is 0. The minimum absolute atomic E-state index is 0.158. The summed E-state index contributed by atoms with van der Waals surface area (Å²) in [5.74, 6) is 1.43. The van der Waals surface area contributed by atoms with Crippen LogP contribution in [0.25, 0.3) is 0 Å². The first-order chi connectivity index (χ1) is 7.99. The molecule has 1 aromatic heterocycles. The molecule has 102 valence electrons. The summed E-state index contributed by atoms with van der Waals surface area (Å²) in [6, 6.07) is 1.71. The van der Waals surface area contributed by atoms with Gasteiger partial charge < -0.3 is 10.0 Å². The second-order valence-electron chi connectivity index (χ2n) is 6.29. The van der Waals surface area contributed by atoms with E-state index >= 15 is 0 Å². The van der Waals surface area contributed by atoms with Crippen LogP contribution in [0.1, 0.15) is 40.4 Å². The van der Waals surface area contributed by atoms with Gasteiger partial charge >= 0.3 is 0 Å². The number of rotatable bonds is 3. The maximum atomic E-state index is 9.83. The molecule has 0 aliphatic rings. The first kappa shape index (κ1) is 15.2. The molecule has 1 N–H and O–H groups in total. The number of aromatic nitrogens is 2. The van der Waals surface area contributed by atoms with Crippen molar-refractivity contribution in [1.29, 1.82) is 0 Å². The van der Waals surface area contributed by atoms with Gasteiger partial charge in [-0.2, -0.15) is 0 Å². The fourth-order valence-electron chi connectivity index (χ4n) is 1.60. The number of hydrogen-bond acceptors (Lipinski definition) is 4. The van der Waals surface area contributed by atoms with Crippen molar-refractivity contribution >= 4 is 17.4 Å². The van der Waals surface area contributed by atoms with Gasteiger partial charge in [0.1, 0.15) is 16.8 Å². The smallest absolute Gasteiger partial charge is 0.137 e. The third-order valence-electron chi connectivity index (χ3n) is 2.37. The number of halogens is 1. The van der Waals surface area contributed by atoms with Gasteiger partial charge in [0.15, 0.2) is 0 Å². The van der Waals surface area contributed by atoms with Gasteiger partial charge in [0.25, 0.3) is 0 Å². The zero-order chi connectivity index (χ0) is 14.1. The van der Waals surface area contributed by atoms with Crippen molar-refractivity contribution in [3.8, 4) is 0 Å². The second kappa shape index (κ2) is 5.02. The fourth-order valence-corrected chi connectivity index (χ4v) is 1.78. The molecule has 0 fully saturated rings. The van der Waals surface area contributed by atoms with Crippen LogP contribution < -0.4 is 4.90 Å². The van der Waals surface area contributed by atoms with E-state index in [0.717, 1.165) is 5.82 Å². The molecule has 1 rings (SSSR count). The van der Waals surface area contributed by atoms with Crippen LogP contribution >= 0.6 is 11.6 Å². The normalized spacial score (nSPS) is 12.7. The summed E-state index contributed by atoms with van der Waals surface area (Å²) in [4.78, 5) is 10.6. The number of nitrogens with zero attached hydrogens (tertiary/aromatic N) is 3. The Morgan fingerprint density at radius 1 is 1.22 bits per heavy atom. The standard InChI is InChI=1S/C13H22ClN3O/c1-12(2,3)11-15-9(14)7-10(16-11)17(6)8-13(4,5)18/h7,18H,8H2,1-6H3. The van der Waals surface area contributed by atoms with Crippen LogP contribution in [0.15, 0.2) is 6.07 Å². The minimum Gasteiger partial charge on any atom is -0.389 e. The van der Waals surface area contributed by atoms with Crippen LogP contribution in [-0.4, -0.2) is 34.3 Å². The predicted octanol–water partition coefficient (Wildman–Crippen LogP) is 2.63. The van der Waals surface area contributed by atoms with E-state index in [-0.39, 0.29) is 5.41 Å². The van der Waals surface area contributed by atoms with Crippen molar-refractivity contribution in [2.75, 3.05) is 18.5 Å². The molecule has 0 saturated heterocycles. The van der Waals surface area contributed by atoms with Crippen LogP contribution in [0, 0.1) is 0 Å². The largest absolute Gasteiger partial charge is 0.389 e. The molecule has 0 bridgehead atoms. The van der Waals surface area contributed by atoms with Gasteiger partial charge in [-0.1, -0.05) is 32.4 Å². The molecule has 4 nitrogen and oxygen atoms in total. The molecule has 0 aliphatic carbocycles. The maximum absolute atomic E-state index is 9.83. The molecule has 1 heterocycles. The molecular weight excluding hydrogens is 250 g/mol. The van der Waals surface area contributed by atoms with Crippen molar-refractivity contribution in [1.82, 2.24) is 9.97 Å². The highest BCUT2D eigenvalue weighted by Gasteiger charge is 2.22. The first-order valence-corrected chi connectivity index (χ1v) is 6.35. The molecule has 0 aromatic carbocycles. The molecule has 0 radical (unpaired) electrons. The maximum Gasteiger partial charge on any atom is 0.137 e. The number of anilines is 1. The predicted molar refractivity (Wildman–Crippen MR) is 75.3 cm³/mol. The van der Waals surface area contributed by atoms with Crippen molar-refractivity contribution in [2.45, 2.75) is 45.6 Å². The molecular formula is C13H22ClN3O. The molecule has 0 aliphatic heterocycles. The van der Waals surface area contributed by atoms with E-state index in [0.29, 0.717) is 17.5 Å². The van der Waals surface area contributed by atoms with Crippen LogP contribution in [0.3, 0.4) is 0 Å². The monoisotopic (exact) mass is 271 g/mol. The van der Waals surface area contributed by atoms with E-state index in [9.17, 15) is 5.11 Å². The van der Waals surface area contributed by atoms with Gasteiger partial charge in [-0.15, -0.1) is 0 Å². The van der Waals surface area contributed by atoms with Gasteiger partial charge in [0.05, 0.1) is 5.60 Å². The number of aliphatic hydroxyl groups is 1. The van der Waals surface area contributed by atoms with Crippen LogP contribution in [-0.2, 0) is 5.41 Å². The molecule has 0 atom stereocenters. The van der Waals surface area contributed by atoms with Crippen molar-refractivity contribution in [3.05, 3.63) is 17.0 Å². The second-order valence-corrected chi connectivity index (χ2v) is 6.68. The van der Waals surface area contributed by atoms with E-state index < -0.39 is 5.60 Å². The lowest BCUT2D eigenvalue weighted by Crippen LogP contribution is -2.37. The molecule has 0 unspecified atom stereocenters. The molecule has 1 aromatic rings. The van der Waals surface area contributed by atoms with E-state index in [2.05, 4.69) is 9.97 Å². The SMILES string of the molecule is CN(CC(C)(C)O)c1cc(Cl)nc(C(C)(C)C)n1. The minimum atomic E-state index is -0.784. The Labute approximate surface area is 114 Å². The van der Waals surface area contributed by atoms with Gasteiger partial charge in [0, 0.05) is 25.1 Å². The third kappa shape index (κ3) is 4.42. The summed E-state index contributed by atoms with van der Waals surface area (Å²) in [7, 11) is 1.88. The number of hydrogen-bond donors (Lipinski definition) is 1. The Kier molecular flexibility index (Phi) is 4.23. The summed E-state index contributed by atoms with van der Waals surface area (Å²) in [5.41, 5.74) is -0.941. The highest BCUT2D eigenvalue weighted by molar-refractivity contribution is 6.29. The summed E-state index contributed by atoms with van der Waals surface area (Å²) in [5, 5.41) is 10.3. The van der Waals surface area contributed by atoms with E-state index in [1.54, 1.807) is 19.9 Å². The lowest BCUT2D eigenvalue weighted by molar-refractivity contribution is 0.0884. The first-order valence-electron chi connectivity index (χ1n) is 5.97. The summed E-state index contributed by atoms with van der Waals surface area (Å²) in [6.45, 7) is 10.1. The highest BCUT2D eigenvalue weighted by atomic mass is 35.5. The lowest BCUT2D eigenvalue weighted by Gasteiger charge is -2.27. The van der Waals surface area contributed by atoms with Gasteiger partial charge in [-0.25, -0.2) is 9.97 Å². The highest BCUT2D eigenvalue weighted by Crippen LogP contribution is 2.24. The van der Waals surface area contributed by atoms with Gasteiger partial charge in [-0.05, 0) is 13.8 Å². The van der Waals surface area contributed by atoms with E-state index in [4.69, 9.17) is 11.6 Å². The number of likely N-dealkylation sites (N-methyl/N-ethyl adjacent to an activating group) is 1. The Balaban J connectivity index is 3.07. The Morgan fingerprint density at radius 2 is 1.78 bits per heavy atom. The zero-order valence-corrected chi connectivity index (χ0v) is 12.7. The quantitative estimate of drug-likeness (QED) is 0.859. The Hall–Kier alpha value is -0.870. The molecule has 0 amide bonds. The van der Waals surface area contributed by atoms with E-state index in [1.807, 2.05) is 32.7 Å². The average Bonchev–Trinajstić information content (AvgIpc) is 2.12. The summed E-state index contributed by atoms with van der Waals surface area (Å²) in [6.07, 6.45) is 0. The van der Waals surface area contributed by atoms with E-state index in [1.165, 1.54) is 0 Å². The zero-order valence-electron chi connectivity index (χ0n) is 12.0. The Morgan fingerprint density at radius 3 is 2.22 bits per heavy atom. The average molecular weight is 272 g/mol. The van der Waals surface area contributed by atoms with Gasteiger partial charge in [-0.3, -0.25) is 0 Å². The topological polar surface area (TPSA) is 49.2 Å².